The van der Waals surface area contributed by atoms with E-state index in [9.17, 15) is 9.59 Å². The third kappa shape index (κ3) is 3.03. The summed E-state index contributed by atoms with van der Waals surface area (Å²) in [6.45, 7) is 0.509. The van der Waals surface area contributed by atoms with E-state index in [1.807, 2.05) is 30.3 Å². The van der Waals surface area contributed by atoms with Gasteiger partial charge < -0.3 is 4.74 Å². The summed E-state index contributed by atoms with van der Waals surface area (Å²) in [5.74, 6) is -0.452. The Morgan fingerprint density at radius 3 is 2.83 bits per heavy atom. The van der Waals surface area contributed by atoms with Crippen LogP contribution in [0.3, 0.4) is 0 Å². The minimum absolute atomic E-state index is 0.239. The lowest BCUT2D eigenvalue weighted by molar-refractivity contribution is -0.262. The van der Waals surface area contributed by atoms with Crippen molar-refractivity contribution in [1.82, 2.24) is 5.06 Å². The summed E-state index contributed by atoms with van der Waals surface area (Å²) in [7, 11) is 0. The molecule has 5 nitrogen and oxygen atoms in total. The van der Waals surface area contributed by atoms with Crippen molar-refractivity contribution in [2.75, 3.05) is 13.2 Å². The van der Waals surface area contributed by atoms with E-state index in [1.165, 1.54) is 6.08 Å². The van der Waals surface area contributed by atoms with E-state index < -0.39 is 12.1 Å². The van der Waals surface area contributed by atoms with Gasteiger partial charge in [0.15, 0.2) is 0 Å². The summed E-state index contributed by atoms with van der Waals surface area (Å²) in [5, 5.41) is 0.885. The van der Waals surface area contributed by atoms with Gasteiger partial charge in [-0.25, -0.2) is 0 Å². The number of benzene rings is 1. The molecule has 0 aliphatic carbocycles. The zero-order valence-corrected chi connectivity index (χ0v) is 9.61. The van der Waals surface area contributed by atoms with Gasteiger partial charge in [0.05, 0.1) is 13.2 Å². The Balaban J connectivity index is 2.02. The van der Waals surface area contributed by atoms with Gasteiger partial charge >= 0.3 is 0 Å². The largest absolute Gasteiger partial charge is 0.346 e. The topological polar surface area (TPSA) is 55.8 Å². The highest BCUT2D eigenvalue weighted by atomic mass is 16.7. The maximum Gasteiger partial charge on any atom is 0.273 e. The Kier molecular flexibility index (Phi) is 4.22. The second kappa shape index (κ2) is 6.09. The first kappa shape index (κ1) is 12.5. The van der Waals surface area contributed by atoms with Gasteiger partial charge in [-0.15, -0.1) is 0 Å². The molecule has 1 aliphatic heterocycles. The summed E-state index contributed by atoms with van der Waals surface area (Å²) >= 11 is 0. The van der Waals surface area contributed by atoms with E-state index in [0.29, 0.717) is 0 Å². The fourth-order valence-corrected chi connectivity index (χ4v) is 1.50. The molecule has 2 rings (SSSR count). The van der Waals surface area contributed by atoms with Gasteiger partial charge in [0.1, 0.15) is 0 Å². The third-order valence-corrected chi connectivity index (χ3v) is 2.34. The summed E-state index contributed by atoms with van der Waals surface area (Å²) in [5.41, 5.74) is 0.885. The first-order valence-electron chi connectivity index (χ1n) is 5.50. The van der Waals surface area contributed by atoms with Crippen LogP contribution in [-0.4, -0.2) is 36.7 Å². The Morgan fingerprint density at radius 1 is 1.33 bits per heavy atom. The van der Waals surface area contributed by atoms with Gasteiger partial charge in [-0.3, -0.25) is 14.4 Å². The summed E-state index contributed by atoms with van der Waals surface area (Å²) < 4.78 is 5.04. The third-order valence-electron chi connectivity index (χ3n) is 2.34. The highest BCUT2D eigenvalue weighted by Crippen LogP contribution is 2.09. The van der Waals surface area contributed by atoms with Gasteiger partial charge in [0.2, 0.25) is 6.23 Å². The molecule has 1 unspecified atom stereocenters. The smallest absolute Gasteiger partial charge is 0.273 e. The number of hydrogen-bond acceptors (Lipinski definition) is 4. The maximum atomic E-state index is 11.8. The minimum Gasteiger partial charge on any atom is -0.346 e. The molecule has 1 saturated heterocycles. The molecule has 1 fully saturated rings. The molecule has 0 N–H and O–H groups in total. The van der Waals surface area contributed by atoms with Gasteiger partial charge in [-0.05, 0) is 11.6 Å². The molecule has 1 heterocycles. The van der Waals surface area contributed by atoms with Gasteiger partial charge in [-0.2, -0.15) is 5.06 Å². The number of hydrogen-bond donors (Lipinski definition) is 0. The van der Waals surface area contributed by atoms with Crippen LogP contribution < -0.4 is 0 Å². The monoisotopic (exact) mass is 246 g/mol. The average Bonchev–Trinajstić information content (AvgIpc) is 2.45. The molecule has 5 heteroatoms. The Morgan fingerprint density at radius 2 is 2.11 bits per heavy atom. The molecular formula is C13H12NO4. The van der Waals surface area contributed by atoms with E-state index >= 15 is 0 Å². The van der Waals surface area contributed by atoms with E-state index in [4.69, 9.17) is 9.57 Å². The van der Waals surface area contributed by atoms with E-state index in [0.717, 1.165) is 10.6 Å². The van der Waals surface area contributed by atoms with E-state index in [1.54, 1.807) is 12.4 Å². The molecule has 1 aromatic carbocycles. The maximum absolute atomic E-state index is 11.8. The van der Waals surface area contributed by atoms with Crippen molar-refractivity contribution in [3.8, 4) is 0 Å². The molecule has 1 atom stereocenters. The molecule has 0 spiro atoms. The molecule has 0 bridgehead atoms. The summed E-state index contributed by atoms with van der Waals surface area (Å²) in [6.07, 6.45) is 3.48. The van der Waals surface area contributed by atoms with Crippen LogP contribution in [0, 0.1) is 0 Å². The van der Waals surface area contributed by atoms with Crippen molar-refractivity contribution in [3.05, 3.63) is 42.0 Å². The second-order valence-corrected chi connectivity index (χ2v) is 3.58. The van der Waals surface area contributed by atoms with Crippen LogP contribution in [0.2, 0.25) is 0 Å². The number of nitrogens with zero attached hydrogens (tertiary/aromatic N) is 1. The molecule has 0 aromatic heterocycles. The highest BCUT2D eigenvalue weighted by Gasteiger charge is 2.27. The standard InChI is InChI=1S/C13H12NO4/c15-10-13-14(18-9-8-17-13)12(16)7-6-11-4-2-1-3-5-11/h1-7,13H,8-9H2. The number of ether oxygens (including phenoxy) is 1. The second-order valence-electron chi connectivity index (χ2n) is 3.58. The molecule has 1 amide bonds. The Bertz CT molecular complexity index is 444. The van der Waals surface area contributed by atoms with Crippen LogP contribution in [0.15, 0.2) is 36.4 Å². The minimum atomic E-state index is -1.09. The Hall–Kier alpha value is -1.98. The van der Waals surface area contributed by atoms with Crippen molar-refractivity contribution in [2.45, 2.75) is 6.23 Å². The van der Waals surface area contributed by atoms with Crippen LogP contribution >= 0.6 is 0 Å². The lowest BCUT2D eigenvalue weighted by Crippen LogP contribution is -2.47. The fourth-order valence-electron chi connectivity index (χ4n) is 1.50. The highest BCUT2D eigenvalue weighted by molar-refractivity contribution is 5.92. The van der Waals surface area contributed by atoms with Crippen molar-refractivity contribution >= 4 is 18.3 Å². The first-order valence-corrected chi connectivity index (χ1v) is 5.50. The normalized spacial score (nSPS) is 20.0. The number of rotatable bonds is 3. The van der Waals surface area contributed by atoms with E-state index in [-0.39, 0.29) is 13.2 Å². The molecular weight excluding hydrogens is 234 g/mol. The number of carbonyl (C=O) groups is 1. The molecule has 0 saturated carbocycles. The van der Waals surface area contributed by atoms with Crippen molar-refractivity contribution in [3.63, 3.8) is 0 Å². The molecule has 1 aliphatic rings. The van der Waals surface area contributed by atoms with Crippen LogP contribution in [0.1, 0.15) is 5.56 Å². The van der Waals surface area contributed by atoms with Crippen molar-refractivity contribution in [2.24, 2.45) is 0 Å². The van der Waals surface area contributed by atoms with Crippen molar-refractivity contribution in [1.29, 1.82) is 0 Å². The quantitative estimate of drug-likeness (QED) is 0.744. The number of carbonyl (C=O) groups excluding carboxylic acids is 2. The van der Waals surface area contributed by atoms with Gasteiger partial charge in [0, 0.05) is 6.08 Å². The first-order chi connectivity index (χ1) is 8.81. The molecule has 18 heavy (non-hydrogen) atoms. The number of hydroxylamine groups is 2. The van der Waals surface area contributed by atoms with Gasteiger partial charge in [0.25, 0.3) is 12.2 Å². The SMILES string of the molecule is O=[C]C1OCCON1C(=O)C=Cc1ccccc1. The summed E-state index contributed by atoms with van der Waals surface area (Å²) in [6, 6.07) is 9.35. The Labute approximate surface area is 105 Å². The zero-order chi connectivity index (χ0) is 12.8. The van der Waals surface area contributed by atoms with Crippen LogP contribution in [-0.2, 0) is 19.2 Å². The predicted molar refractivity (Wildman–Crippen MR) is 63.7 cm³/mol. The van der Waals surface area contributed by atoms with Gasteiger partial charge in [-0.1, -0.05) is 30.3 Å². The van der Waals surface area contributed by atoms with Crippen molar-refractivity contribution < 1.29 is 19.2 Å². The van der Waals surface area contributed by atoms with E-state index in [2.05, 4.69) is 0 Å². The van der Waals surface area contributed by atoms with Crippen LogP contribution in [0.4, 0.5) is 0 Å². The lowest BCUT2D eigenvalue weighted by Gasteiger charge is -2.29. The molecule has 1 radical (unpaired) electrons. The molecule has 1 aromatic rings. The molecule has 93 valence electrons. The summed E-state index contributed by atoms with van der Waals surface area (Å²) in [4.78, 5) is 27.5. The number of amides is 1. The van der Waals surface area contributed by atoms with Crippen LogP contribution in [0.25, 0.3) is 6.08 Å². The average molecular weight is 246 g/mol. The van der Waals surface area contributed by atoms with Crippen LogP contribution in [0.5, 0.6) is 0 Å². The fraction of sp³-hybridized carbons (Fsp3) is 0.231. The predicted octanol–water partition coefficient (Wildman–Crippen LogP) is 0.926. The zero-order valence-electron chi connectivity index (χ0n) is 9.61. The lowest BCUT2D eigenvalue weighted by atomic mass is 10.2.